The molecule has 0 aliphatic heterocycles. The van der Waals surface area contributed by atoms with E-state index in [-0.39, 0.29) is 11.4 Å². The van der Waals surface area contributed by atoms with Gasteiger partial charge in [0.05, 0.1) is 4.90 Å². The predicted molar refractivity (Wildman–Crippen MR) is 89.0 cm³/mol. The van der Waals surface area contributed by atoms with Crippen molar-refractivity contribution < 1.29 is 13.2 Å². The number of aryl methyl sites for hydroxylation is 1. The van der Waals surface area contributed by atoms with Crippen LogP contribution in [0.25, 0.3) is 6.08 Å². The summed E-state index contributed by atoms with van der Waals surface area (Å²) in [4.78, 5) is 16.3. The van der Waals surface area contributed by atoms with Gasteiger partial charge in [-0.25, -0.2) is 12.7 Å². The van der Waals surface area contributed by atoms with Gasteiger partial charge in [-0.1, -0.05) is 17.7 Å². The van der Waals surface area contributed by atoms with Gasteiger partial charge in [0.25, 0.3) is 15.9 Å². The molecule has 120 valence electrons. The molecule has 2 aromatic rings. The first kappa shape index (κ1) is 16.9. The van der Waals surface area contributed by atoms with Crippen LogP contribution in [0.1, 0.15) is 18.1 Å². The fourth-order valence-electron chi connectivity index (χ4n) is 2.01. The average Bonchev–Trinajstić information content (AvgIpc) is 2.54. The number of aromatic nitrogens is 1. The van der Waals surface area contributed by atoms with E-state index in [0.29, 0.717) is 0 Å². The molecule has 0 atom stereocenters. The van der Waals surface area contributed by atoms with Gasteiger partial charge >= 0.3 is 0 Å². The number of hydrogen-bond acceptors (Lipinski definition) is 4. The highest BCUT2D eigenvalue weighted by atomic mass is 32.2. The topological polar surface area (TPSA) is 67.3 Å². The molecule has 1 aromatic heterocycles. The van der Waals surface area contributed by atoms with Gasteiger partial charge in [-0.3, -0.25) is 9.78 Å². The molecule has 6 heteroatoms. The molecule has 0 aliphatic carbocycles. The van der Waals surface area contributed by atoms with Gasteiger partial charge in [-0.05, 0) is 49.8 Å². The number of rotatable bonds is 5. The normalized spacial score (nSPS) is 11.6. The van der Waals surface area contributed by atoms with Crippen LogP contribution in [0.4, 0.5) is 0 Å². The molecular weight excluding hydrogens is 312 g/mol. The Morgan fingerprint density at radius 2 is 1.74 bits per heavy atom. The largest absolute Gasteiger partial charge is 0.269 e. The second-order valence-corrected chi connectivity index (χ2v) is 6.80. The monoisotopic (exact) mass is 330 g/mol. The average molecular weight is 330 g/mol. The molecule has 5 nitrogen and oxygen atoms in total. The lowest BCUT2D eigenvalue weighted by atomic mass is 10.2. The number of benzene rings is 1. The van der Waals surface area contributed by atoms with Crippen molar-refractivity contribution in [3.8, 4) is 0 Å². The Balaban J connectivity index is 2.26. The minimum absolute atomic E-state index is 0.0652. The Morgan fingerprint density at radius 3 is 2.30 bits per heavy atom. The van der Waals surface area contributed by atoms with Gasteiger partial charge in [0, 0.05) is 25.0 Å². The molecule has 0 saturated heterocycles. The number of nitrogens with zero attached hydrogens (tertiary/aromatic N) is 2. The highest BCUT2D eigenvalue weighted by Crippen LogP contribution is 2.17. The zero-order chi connectivity index (χ0) is 16.9. The molecule has 0 radical (unpaired) electrons. The van der Waals surface area contributed by atoms with Crippen LogP contribution < -0.4 is 0 Å². The van der Waals surface area contributed by atoms with E-state index >= 15 is 0 Å². The SMILES string of the molecule is CCN(C(=O)/C=C/c1ccncc1)S(=O)(=O)c1ccc(C)cc1. The lowest BCUT2D eigenvalue weighted by molar-refractivity contribution is -0.121. The number of sulfonamides is 1. The Kier molecular flexibility index (Phi) is 5.28. The quantitative estimate of drug-likeness (QED) is 0.791. The van der Waals surface area contributed by atoms with E-state index < -0.39 is 15.9 Å². The van der Waals surface area contributed by atoms with Crippen molar-refractivity contribution in [1.82, 2.24) is 9.29 Å². The number of amides is 1. The summed E-state index contributed by atoms with van der Waals surface area (Å²) >= 11 is 0. The Morgan fingerprint density at radius 1 is 1.13 bits per heavy atom. The van der Waals surface area contributed by atoms with Crippen molar-refractivity contribution in [2.45, 2.75) is 18.7 Å². The third kappa shape index (κ3) is 4.04. The molecule has 0 aliphatic rings. The van der Waals surface area contributed by atoms with Crippen molar-refractivity contribution in [1.29, 1.82) is 0 Å². The van der Waals surface area contributed by atoms with Crippen molar-refractivity contribution in [3.63, 3.8) is 0 Å². The highest BCUT2D eigenvalue weighted by molar-refractivity contribution is 7.89. The summed E-state index contributed by atoms with van der Waals surface area (Å²) in [6.45, 7) is 3.57. The number of carbonyl (C=O) groups excluding carboxylic acids is 1. The lowest BCUT2D eigenvalue weighted by Crippen LogP contribution is -2.35. The maximum absolute atomic E-state index is 12.6. The van der Waals surface area contributed by atoms with E-state index in [2.05, 4.69) is 4.98 Å². The predicted octanol–water partition coefficient (Wildman–Crippen LogP) is 2.64. The van der Waals surface area contributed by atoms with Crippen LogP contribution in [-0.4, -0.2) is 30.2 Å². The Labute approximate surface area is 136 Å². The molecule has 0 saturated carbocycles. The van der Waals surface area contributed by atoms with Gasteiger partial charge in [0.1, 0.15) is 0 Å². The molecule has 0 unspecified atom stereocenters. The van der Waals surface area contributed by atoms with Crippen molar-refractivity contribution in [3.05, 3.63) is 66.0 Å². The van der Waals surface area contributed by atoms with Crippen LogP contribution >= 0.6 is 0 Å². The maximum atomic E-state index is 12.6. The van der Waals surface area contributed by atoms with Crippen LogP contribution in [0.3, 0.4) is 0 Å². The van der Waals surface area contributed by atoms with Gasteiger partial charge in [0.2, 0.25) is 0 Å². The standard InChI is InChI=1S/C17H18N2O3S/c1-3-19(17(20)9-6-15-10-12-18-13-11-15)23(21,22)16-7-4-14(2)5-8-16/h4-13H,3H2,1-2H3/b9-6+. The number of carbonyl (C=O) groups is 1. The summed E-state index contributed by atoms with van der Waals surface area (Å²) in [5.74, 6) is -0.579. The van der Waals surface area contributed by atoms with Crippen LogP contribution in [0.15, 0.2) is 59.8 Å². The molecule has 0 bridgehead atoms. The molecule has 1 heterocycles. The summed E-state index contributed by atoms with van der Waals surface area (Å²) in [6.07, 6.45) is 6.03. The van der Waals surface area contributed by atoms with Crippen LogP contribution in [0.5, 0.6) is 0 Å². The van der Waals surface area contributed by atoms with E-state index in [1.54, 1.807) is 49.7 Å². The van der Waals surface area contributed by atoms with Gasteiger partial charge in [0.15, 0.2) is 0 Å². The minimum atomic E-state index is -3.85. The summed E-state index contributed by atoms with van der Waals surface area (Å²) in [6, 6.07) is 9.89. The Hall–Kier alpha value is -2.47. The van der Waals surface area contributed by atoms with E-state index in [1.807, 2.05) is 6.92 Å². The summed E-state index contributed by atoms with van der Waals surface area (Å²) in [5, 5.41) is 0. The van der Waals surface area contributed by atoms with Gasteiger partial charge < -0.3 is 0 Å². The Bertz CT molecular complexity index is 797. The first-order chi connectivity index (χ1) is 10.9. The fourth-order valence-corrected chi connectivity index (χ4v) is 3.38. The van der Waals surface area contributed by atoms with Crippen molar-refractivity contribution in [2.75, 3.05) is 6.54 Å². The molecule has 23 heavy (non-hydrogen) atoms. The smallest absolute Gasteiger partial charge is 0.266 e. The maximum Gasteiger partial charge on any atom is 0.266 e. The lowest BCUT2D eigenvalue weighted by Gasteiger charge is -2.19. The second-order valence-electron chi connectivity index (χ2n) is 4.93. The van der Waals surface area contributed by atoms with Crippen LogP contribution in [0.2, 0.25) is 0 Å². The molecule has 1 amide bonds. The van der Waals surface area contributed by atoms with Crippen LogP contribution in [0, 0.1) is 6.92 Å². The number of likely N-dealkylation sites (N-methyl/N-ethyl adjacent to an activating group) is 1. The summed E-state index contributed by atoms with van der Waals surface area (Å²) < 4.78 is 26.0. The number of pyridine rings is 1. The fraction of sp³-hybridized carbons (Fsp3) is 0.176. The first-order valence-corrected chi connectivity index (χ1v) is 8.60. The second kappa shape index (κ2) is 7.19. The number of hydrogen-bond donors (Lipinski definition) is 0. The highest BCUT2D eigenvalue weighted by Gasteiger charge is 2.26. The molecule has 2 rings (SSSR count). The van der Waals surface area contributed by atoms with Crippen molar-refractivity contribution in [2.24, 2.45) is 0 Å². The van der Waals surface area contributed by atoms with E-state index in [9.17, 15) is 13.2 Å². The molecule has 0 fully saturated rings. The zero-order valence-corrected chi connectivity index (χ0v) is 13.8. The molecule has 0 N–H and O–H groups in total. The summed E-state index contributed by atoms with van der Waals surface area (Å²) in [7, 11) is -3.85. The summed E-state index contributed by atoms with van der Waals surface area (Å²) in [5.41, 5.74) is 1.73. The van der Waals surface area contributed by atoms with E-state index in [1.165, 1.54) is 18.2 Å². The molecular formula is C17H18N2O3S. The van der Waals surface area contributed by atoms with Gasteiger partial charge in [-0.2, -0.15) is 0 Å². The molecule has 1 aromatic carbocycles. The van der Waals surface area contributed by atoms with Gasteiger partial charge in [-0.15, -0.1) is 0 Å². The van der Waals surface area contributed by atoms with Crippen molar-refractivity contribution >= 4 is 22.0 Å². The first-order valence-electron chi connectivity index (χ1n) is 7.16. The van der Waals surface area contributed by atoms with E-state index in [0.717, 1.165) is 15.4 Å². The minimum Gasteiger partial charge on any atom is -0.269 e. The zero-order valence-electron chi connectivity index (χ0n) is 13.0. The third-order valence-corrected chi connectivity index (χ3v) is 5.15. The molecule has 0 spiro atoms. The van der Waals surface area contributed by atoms with E-state index in [4.69, 9.17) is 0 Å². The van der Waals surface area contributed by atoms with Crippen LogP contribution in [-0.2, 0) is 14.8 Å². The third-order valence-electron chi connectivity index (χ3n) is 3.27.